The van der Waals surface area contributed by atoms with Gasteiger partial charge in [0.15, 0.2) is 5.65 Å². The number of allylic oxidation sites excluding steroid dienone is 4. The lowest BCUT2D eigenvalue weighted by molar-refractivity contribution is -0.111. The third kappa shape index (κ3) is 4.15. The number of nitriles is 1. The summed E-state index contributed by atoms with van der Waals surface area (Å²) in [7, 11) is 0. The number of amides is 1. The summed E-state index contributed by atoms with van der Waals surface area (Å²) in [4.78, 5) is 23.4. The molecule has 35 heavy (non-hydrogen) atoms. The maximum Gasteiger partial charge on any atom is 0.410 e. The molecule has 2 aromatic rings. The minimum Gasteiger partial charge on any atom is -0.473 e. The number of halogens is 1. The lowest BCUT2D eigenvalue weighted by atomic mass is 9.84. The molecule has 0 spiro atoms. The number of nitrogens with zero attached hydrogens (tertiary/aromatic N) is 5. The lowest BCUT2D eigenvalue weighted by Crippen LogP contribution is -2.59. The van der Waals surface area contributed by atoms with E-state index in [2.05, 4.69) is 16.0 Å². The van der Waals surface area contributed by atoms with Gasteiger partial charge in [-0.3, -0.25) is 0 Å². The fourth-order valence-electron chi connectivity index (χ4n) is 5.12. The van der Waals surface area contributed by atoms with Crippen molar-refractivity contribution in [1.29, 1.82) is 5.26 Å². The number of piperidine rings is 1. The maximum absolute atomic E-state index is 12.7. The number of fused-ring (bicyclic) bond motifs is 3. The van der Waals surface area contributed by atoms with E-state index in [1.165, 1.54) is 6.33 Å². The Morgan fingerprint density at radius 2 is 2.03 bits per heavy atom. The van der Waals surface area contributed by atoms with Crippen molar-refractivity contribution >= 4 is 34.4 Å². The molecule has 3 fully saturated rings. The fraction of sp³-hybridized carbons (Fsp3) is 0.520. The molecule has 9 nitrogen and oxygen atoms in total. The molecule has 4 heterocycles. The summed E-state index contributed by atoms with van der Waals surface area (Å²) in [6.45, 7) is 4.07. The predicted molar refractivity (Wildman–Crippen MR) is 128 cm³/mol. The van der Waals surface area contributed by atoms with Crippen LogP contribution in [0.5, 0.6) is 5.88 Å². The molecular formula is C25H26ClN5O4. The maximum atomic E-state index is 12.7. The first-order valence-electron chi connectivity index (χ1n) is 11.9. The number of aromatic nitrogens is 3. The Labute approximate surface area is 207 Å². The summed E-state index contributed by atoms with van der Waals surface area (Å²) < 4.78 is 19.9. The third-order valence-electron chi connectivity index (χ3n) is 7.34. The van der Waals surface area contributed by atoms with E-state index in [0.29, 0.717) is 49.8 Å². The monoisotopic (exact) mass is 495 g/mol. The van der Waals surface area contributed by atoms with E-state index in [1.54, 1.807) is 11.0 Å². The van der Waals surface area contributed by atoms with Crippen LogP contribution in [0.3, 0.4) is 0 Å². The number of carbonyl (C=O) groups is 1. The molecule has 1 saturated carbocycles. The van der Waals surface area contributed by atoms with Crippen LogP contribution in [0.25, 0.3) is 16.7 Å². The summed E-state index contributed by atoms with van der Waals surface area (Å²) in [5, 5.41) is 9.63. The van der Waals surface area contributed by atoms with E-state index in [9.17, 15) is 4.79 Å². The summed E-state index contributed by atoms with van der Waals surface area (Å²) in [6.07, 6.45) is 9.01. The van der Waals surface area contributed by atoms with Crippen molar-refractivity contribution in [3.63, 3.8) is 0 Å². The van der Waals surface area contributed by atoms with Gasteiger partial charge in [0.2, 0.25) is 5.88 Å². The molecule has 0 N–H and O–H groups in total. The fourth-order valence-corrected chi connectivity index (χ4v) is 5.47. The number of rotatable bonds is 4. The van der Waals surface area contributed by atoms with Crippen molar-refractivity contribution in [2.24, 2.45) is 11.8 Å². The zero-order chi connectivity index (χ0) is 24.2. The second-order valence-electron chi connectivity index (χ2n) is 10.0. The molecule has 2 saturated heterocycles. The quantitative estimate of drug-likeness (QED) is 0.595. The third-order valence-corrected chi connectivity index (χ3v) is 7.72. The van der Waals surface area contributed by atoms with Gasteiger partial charge in [-0.05, 0) is 38.0 Å². The highest BCUT2D eigenvalue weighted by Crippen LogP contribution is 2.40. The van der Waals surface area contributed by atoms with Gasteiger partial charge < -0.3 is 23.7 Å². The zero-order valence-electron chi connectivity index (χ0n) is 19.4. The topological polar surface area (TPSA) is 102 Å². The Balaban J connectivity index is 1.23. The van der Waals surface area contributed by atoms with Crippen molar-refractivity contribution in [2.45, 2.75) is 43.3 Å². The van der Waals surface area contributed by atoms with E-state index >= 15 is 0 Å². The minimum atomic E-state index is -0.330. The van der Waals surface area contributed by atoms with E-state index < -0.39 is 0 Å². The van der Waals surface area contributed by atoms with Crippen LogP contribution < -0.4 is 4.74 Å². The molecule has 3 atom stereocenters. The summed E-state index contributed by atoms with van der Waals surface area (Å²) in [5.74, 6) is 0.557. The number of hydrogen-bond donors (Lipinski definition) is 0. The Kier molecular flexibility index (Phi) is 5.46. The van der Waals surface area contributed by atoms with Gasteiger partial charge in [0.05, 0.1) is 30.0 Å². The molecule has 0 radical (unpaired) electrons. The Morgan fingerprint density at radius 1 is 1.26 bits per heavy atom. The van der Waals surface area contributed by atoms with E-state index in [4.69, 9.17) is 31.1 Å². The zero-order valence-corrected chi connectivity index (χ0v) is 20.1. The van der Waals surface area contributed by atoms with Gasteiger partial charge in [0.25, 0.3) is 0 Å². The second kappa shape index (κ2) is 8.54. The molecule has 2 bridgehead atoms. The van der Waals surface area contributed by atoms with Crippen molar-refractivity contribution in [3.8, 4) is 11.9 Å². The molecule has 10 heteroatoms. The van der Waals surface area contributed by atoms with Crippen molar-refractivity contribution in [1.82, 2.24) is 19.4 Å². The largest absolute Gasteiger partial charge is 0.473 e. The van der Waals surface area contributed by atoms with Crippen LogP contribution in [0.4, 0.5) is 4.79 Å². The first-order valence-corrected chi connectivity index (χ1v) is 12.4. The average molecular weight is 496 g/mol. The number of carbonyl (C=O) groups excluding carboxylic acids is 1. The van der Waals surface area contributed by atoms with Crippen LogP contribution in [-0.4, -0.2) is 68.9 Å². The normalized spacial score (nSPS) is 29.1. The molecule has 0 aromatic carbocycles. The summed E-state index contributed by atoms with van der Waals surface area (Å²) in [6, 6.07) is 4.09. The highest BCUT2D eigenvalue weighted by molar-refractivity contribution is 6.26. The second-order valence-corrected chi connectivity index (χ2v) is 10.6. The Bertz CT molecular complexity index is 1260. The van der Waals surface area contributed by atoms with Gasteiger partial charge in [-0.2, -0.15) is 5.26 Å². The molecular weight excluding hydrogens is 470 g/mol. The summed E-state index contributed by atoms with van der Waals surface area (Å²) in [5.41, 5.74) is 1.91. The SMILES string of the molecule is CC1(OC(=O)N2CC3COCC(C2)C3Oc2ncnc3c2ccn3C2=CC=C(C#N)CC2Cl)CC1. The van der Waals surface area contributed by atoms with Gasteiger partial charge in [0, 0.05) is 48.8 Å². The van der Waals surface area contributed by atoms with E-state index in [0.717, 1.165) is 23.9 Å². The number of alkyl halides is 1. The molecule has 6 rings (SSSR count). The van der Waals surface area contributed by atoms with Crippen molar-refractivity contribution in [3.05, 3.63) is 36.3 Å². The van der Waals surface area contributed by atoms with Crippen LogP contribution >= 0.6 is 11.6 Å². The molecule has 182 valence electrons. The van der Waals surface area contributed by atoms with Gasteiger partial charge in [-0.1, -0.05) is 0 Å². The molecule has 4 aliphatic rings. The number of hydrogen-bond acceptors (Lipinski definition) is 7. The lowest BCUT2D eigenvalue weighted by Gasteiger charge is -2.46. The molecule has 2 aliphatic carbocycles. The first-order chi connectivity index (χ1) is 16.9. The highest BCUT2D eigenvalue weighted by atomic mass is 35.5. The van der Waals surface area contributed by atoms with Crippen molar-refractivity contribution in [2.75, 3.05) is 26.3 Å². The standard InChI is InChI=1S/C25H26ClN5O4/c1-25(5-6-25)35-24(32)30-10-16-12-33-13-17(11-30)21(16)34-23-18-4-7-31(22(18)28-14-29-23)20-3-2-15(9-27)8-19(20)26/h2-4,7,14,16-17,19,21H,5-6,8,10-13H2,1H3. The van der Waals surface area contributed by atoms with Crippen LogP contribution in [-0.2, 0) is 9.47 Å². The highest BCUT2D eigenvalue weighted by Gasteiger charge is 2.47. The van der Waals surface area contributed by atoms with Crippen LogP contribution in [0.1, 0.15) is 26.2 Å². The van der Waals surface area contributed by atoms with Gasteiger partial charge >= 0.3 is 6.09 Å². The molecule has 2 aliphatic heterocycles. The van der Waals surface area contributed by atoms with Gasteiger partial charge in [-0.25, -0.2) is 14.8 Å². The number of likely N-dealkylation sites (tertiary alicyclic amines) is 1. The number of ether oxygens (including phenoxy) is 3. The average Bonchev–Trinajstić information content (AvgIpc) is 3.40. The molecule has 1 amide bonds. The van der Waals surface area contributed by atoms with Crippen LogP contribution in [0, 0.1) is 23.2 Å². The predicted octanol–water partition coefficient (Wildman–Crippen LogP) is 3.75. The van der Waals surface area contributed by atoms with E-state index in [-0.39, 0.29) is 35.0 Å². The molecule has 2 aromatic heterocycles. The molecule has 3 unspecified atom stereocenters. The first kappa shape index (κ1) is 22.4. The van der Waals surface area contributed by atoms with E-state index in [1.807, 2.05) is 29.8 Å². The van der Waals surface area contributed by atoms with Crippen molar-refractivity contribution < 1.29 is 19.0 Å². The minimum absolute atomic E-state index is 0.0250. The summed E-state index contributed by atoms with van der Waals surface area (Å²) >= 11 is 6.58. The van der Waals surface area contributed by atoms with Gasteiger partial charge in [0.1, 0.15) is 18.0 Å². The van der Waals surface area contributed by atoms with Crippen LogP contribution in [0.2, 0.25) is 0 Å². The smallest absolute Gasteiger partial charge is 0.410 e. The Hall–Kier alpha value is -3.09. The van der Waals surface area contributed by atoms with Crippen LogP contribution in [0.15, 0.2) is 36.3 Å². The van der Waals surface area contributed by atoms with Gasteiger partial charge in [-0.15, -0.1) is 11.6 Å². The Morgan fingerprint density at radius 3 is 2.71 bits per heavy atom.